The van der Waals surface area contributed by atoms with Crippen LogP contribution in [0.4, 0.5) is 0 Å². The normalized spacial score (nSPS) is 21.6. The zero-order chi connectivity index (χ0) is 16.8. The molecule has 5 rings (SSSR count). The summed E-state index contributed by atoms with van der Waals surface area (Å²) in [6.07, 6.45) is 3.90. The van der Waals surface area contributed by atoms with Crippen LogP contribution in [0.3, 0.4) is 0 Å². The second-order valence-electron chi connectivity index (χ2n) is 5.84. The summed E-state index contributed by atoms with van der Waals surface area (Å²) < 4.78 is 0. The van der Waals surface area contributed by atoms with Crippen LogP contribution in [-0.2, 0) is 0 Å². The van der Waals surface area contributed by atoms with Gasteiger partial charge in [-0.05, 0) is 12.3 Å². The van der Waals surface area contributed by atoms with Crippen LogP contribution < -0.4 is 0 Å². The SMILES string of the molecule is CC1=NN2C=CSC2C1c1nc(-c2ccccc2)c(-c2nccs2)s1. The standard InChI is InChI=1S/C18H14N4S3/c1-11-13(18-22(21-11)8-10-24-18)16-20-14(12-5-3-2-4-6-12)15(25-16)17-19-7-9-23-17/h2-10,13,18H,1H3. The van der Waals surface area contributed by atoms with E-state index in [1.54, 1.807) is 22.7 Å². The third-order valence-corrected chi connectivity index (χ3v) is 7.40. The van der Waals surface area contributed by atoms with E-state index in [4.69, 9.17) is 4.98 Å². The summed E-state index contributed by atoms with van der Waals surface area (Å²) in [5, 5.41) is 13.3. The van der Waals surface area contributed by atoms with Crippen molar-refractivity contribution in [2.75, 3.05) is 0 Å². The maximum atomic E-state index is 5.07. The lowest BCUT2D eigenvalue weighted by atomic mass is 10.1. The highest BCUT2D eigenvalue weighted by Crippen LogP contribution is 2.46. The van der Waals surface area contributed by atoms with Gasteiger partial charge < -0.3 is 0 Å². The first-order chi connectivity index (χ1) is 12.3. The zero-order valence-electron chi connectivity index (χ0n) is 13.4. The maximum absolute atomic E-state index is 5.07. The molecule has 3 aromatic rings. The van der Waals surface area contributed by atoms with E-state index in [-0.39, 0.29) is 5.92 Å². The van der Waals surface area contributed by atoms with E-state index >= 15 is 0 Å². The molecule has 2 unspecified atom stereocenters. The van der Waals surface area contributed by atoms with Gasteiger partial charge in [-0.1, -0.05) is 30.3 Å². The number of aromatic nitrogens is 2. The third kappa shape index (κ3) is 2.54. The molecule has 2 aliphatic heterocycles. The molecule has 0 bridgehead atoms. The van der Waals surface area contributed by atoms with Gasteiger partial charge in [0, 0.05) is 29.1 Å². The van der Waals surface area contributed by atoms with Crippen LogP contribution in [0, 0.1) is 0 Å². The van der Waals surface area contributed by atoms with Crippen molar-refractivity contribution < 1.29 is 0 Å². The topological polar surface area (TPSA) is 41.4 Å². The number of thiazole rings is 2. The molecular weight excluding hydrogens is 368 g/mol. The fourth-order valence-electron chi connectivity index (χ4n) is 3.14. The summed E-state index contributed by atoms with van der Waals surface area (Å²) >= 11 is 5.22. The lowest BCUT2D eigenvalue weighted by molar-refractivity contribution is 0.404. The van der Waals surface area contributed by atoms with Gasteiger partial charge in [-0.3, -0.25) is 5.01 Å². The third-order valence-electron chi connectivity index (χ3n) is 4.28. The highest BCUT2D eigenvalue weighted by molar-refractivity contribution is 8.03. The van der Waals surface area contributed by atoms with Gasteiger partial charge in [-0.25, -0.2) is 9.97 Å². The number of fused-ring (bicyclic) bond motifs is 1. The highest BCUT2D eigenvalue weighted by Gasteiger charge is 2.40. The monoisotopic (exact) mass is 382 g/mol. The molecule has 124 valence electrons. The molecule has 0 radical (unpaired) electrons. The minimum absolute atomic E-state index is 0.223. The first-order valence-corrected chi connectivity index (χ1v) is 10.6. The fourth-order valence-corrected chi connectivity index (χ4v) is 6.33. The van der Waals surface area contributed by atoms with Gasteiger partial charge in [0.25, 0.3) is 0 Å². The molecule has 0 spiro atoms. The van der Waals surface area contributed by atoms with Gasteiger partial charge in [0.1, 0.15) is 15.4 Å². The number of thioether (sulfide) groups is 1. The largest absolute Gasteiger partial charge is 0.258 e. The first-order valence-electron chi connectivity index (χ1n) is 7.93. The van der Waals surface area contributed by atoms with E-state index in [0.717, 1.165) is 31.9 Å². The van der Waals surface area contributed by atoms with E-state index in [2.05, 4.69) is 51.7 Å². The molecule has 0 saturated heterocycles. The van der Waals surface area contributed by atoms with Crippen LogP contribution in [0.2, 0.25) is 0 Å². The van der Waals surface area contributed by atoms with E-state index in [1.807, 2.05) is 35.6 Å². The molecule has 0 saturated carbocycles. The van der Waals surface area contributed by atoms with Gasteiger partial charge in [0.15, 0.2) is 0 Å². The van der Waals surface area contributed by atoms with E-state index in [1.165, 1.54) is 0 Å². The maximum Gasteiger partial charge on any atom is 0.135 e. The molecule has 2 aliphatic rings. The zero-order valence-corrected chi connectivity index (χ0v) is 15.8. The highest BCUT2D eigenvalue weighted by atomic mass is 32.2. The second-order valence-corrected chi connectivity index (χ2v) is 8.80. The van der Waals surface area contributed by atoms with Crippen molar-refractivity contribution in [2.24, 2.45) is 5.10 Å². The number of rotatable bonds is 3. The van der Waals surface area contributed by atoms with Crippen LogP contribution in [0.15, 0.2) is 58.6 Å². The minimum Gasteiger partial charge on any atom is -0.258 e. The van der Waals surface area contributed by atoms with Crippen LogP contribution in [0.5, 0.6) is 0 Å². The van der Waals surface area contributed by atoms with Gasteiger partial charge in [-0.15, -0.1) is 34.4 Å². The van der Waals surface area contributed by atoms with Crippen molar-refractivity contribution >= 4 is 40.1 Å². The summed E-state index contributed by atoms with van der Waals surface area (Å²) in [7, 11) is 0. The second kappa shape index (κ2) is 6.09. The van der Waals surface area contributed by atoms with E-state index in [9.17, 15) is 0 Å². The Balaban J connectivity index is 1.64. The number of hydrogen-bond donors (Lipinski definition) is 0. The molecular formula is C18H14N4S3. The number of benzene rings is 1. The summed E-state index contributed by atoms with van der Waals surface area (Å²) in [6.45, 7) is 2.10. The van der Waals surface area contributed by atoms with E-state index < -0.39 is 0 Å². The Hall–Kier alpha value is -1.96. The Morgan fingerprint density at radius 3 is 2.84 bits per heavy atom. The number of hydrazone groups is 1. The van der Waals surface area contributed by atoms with Crippen molar-refractivity contribution in [1.82, 2.24) is 15.0 Å². The molecule has 7 heteroatoms. The van der Waals surface area contributed by atoms with Crippen molar-refractivity contribution in [1.29, 1.82) is 0 Å². The minimum atomic E-state index is 0.223. The molecule has 2 aromatic heterocycles. The van der Waals surface area contributed by atoms with Crippen LogP contribution in [-0.4, -0.2) is 26.1 Å². The lowest BCUT2D eigenvalue weighted by Crippen LogP contribution is -2.21. The molecule has 2 atom stereocenters. The van der Waals surface area contributed by atoms with Crippen LogP contribution in [0.1, 0.15) is 17.8 Å². The van der Waals surface area contributed by atoms with Gasteiger partial charge in [-0.2, -0.15) is 5.10 Å². The smallest absolute Gasteiger partial charge is 0.135 e. The average Bonchev–Trinajstić information content (AvgIpc) is 3.39. The van der Waals surface area contributed by atoms with Crippen molar-refractivity contribution in [3.63, 3.8) is 0 Å². The molecule has 0 fully saturated rings. The Morgan fingerprint density at radius 1 is 1.16 bits per heavy atom. The van der Waals surface area contributed by atoms with Crippen LogP contribution in [0.25, 0.3) is 21.1 Å². The van der Waals surface area contributed by atoms with Gasteiger partial charge >= 0.3 is 0 Å². The molecule has 0 amide bonds. The molecule has 0 aliphatic carbocycles. The Bertz CT molecular complexity index is 960. The first kappa shape index (κ1) is 15.3. The molecule has 0 N–H and O–H groups in total. The summed E-state index contributed by atoms with van der Waals surface area (Å²) in [6, 6.07) is 10.4. The summed E-state index contributed by atoms with van der Waals surface area (Å²) in [5.74, 6) is 0.223. The van der Waals surface area contributed by atoms with Crippen LogP contribution >= 0.6 is 34.4 Å². The summed E-state index contributed by atoms with van der Waals surface area (Å²) in [4.78, 5) is 10.7. The predicted octanol–water partition coefficient (Wildman–Crippen LogP) is 5.25. The van der Waals surface area contributed by atoms with Gasteiger partial charge in [0.2, 0.25) is 0 Å². The molecule has 1 aromatic carbocycles. The molecule has 25 heavy (non-hydrogen) atoms. The number of hydrogen-bond acceptors (Lipinski definition) is 7. The van der Waals surface area contributed by atoms with Crippen molar-refractivity contribution in [3.05, 3.63) is 58.5 Å². The summed E-state index contributed by atoms with van der Waals surface area (Å²) in [5.41, 5.74) is 3.29. The predicted molar refractivity (Wildman–Crippen MR) is 107 cm³/mol. The number of nitrogens with zero attached hydrogens (tertiary/aromatic N) is 4. The van der Waals surface area contributed by atoms with Crippen molar-refractivity contribution in [2.45, 2.75) is 18.2 Å². The Morgan fingerprint density at radius 2 is 2.04 bits per heavy atom. The van der Waals surface area contributed by atoms with Crippen molar-refractivity contribution in [3.8, 4) is 21.1 Å². The van der Waals surface area contributed by atoms with E-state index in [0.29, 0.717) is 5.37 Å². The molecule has 4 nitrogen and oxygen atoms in total. The molecule has 4 heterocycles. The quantitative estimate of drug-likeness (QED) is 0.620. The lowest BCUT2D eigenvalue weighted by Gasteiger charge is -2.17. The average molecular weight is 383 g/mol. The fraction of sp³-hybridized carbons (Fsp3) is 0.167. The Labute approximate surface area is 158 Å². The Kier molecular flexibility index (Phi) is 3.73. The van der Waals surface area contributed by atoms with Gasteiger partial charge in [0.05, 0.1) is 16.5 Å².